The summed E-state index contributed by atoms with van der Waals surface area (Å²) in [4.78, 5) is 0. The van der Waals surface area contributed by atoms with Crippen molar-refractivity contribution in [3.8, 4) is 0 Å². The molecule has 0 aromatic heterocycles. The third-order valence-electron chi connectivity index (χ3n) is 8.16. The number of hydrogen-bond donors (Lipinski definition) is 0. The van der Waals surface area contributed by atoms with Crippen molar-refractivity contribution in [2.75, 3.05) is 7.11 Å². The summed E-state index contributed by atoms with van der Waals surface area (Å²) in [7, 11) is 1.80. The molecule has 0 amide bonds. The van der Waals surface area contributed by atoms with E-state index in [2.05, 4.69) is 32.9 Å². The van der Waals surface area contributed by atoms with Crippen molar-refractivity contribution in [3.63, 3.8) is 0 Å². The fourth-order valence-electron chi connectivity index (χ4n) is 7.31. The highest BCUT2D eigenvalue weighted by Crippen LogP contribution is 2.71. The first-order valence-electron chi connectivity index (χ1n) is 9.35. The number of allylic oxidation sites excluding steroid dienone is 3. The van der Waals surface area contributed by atoms with Gasteiger partial charge in [0.25, 0.3) is 0 Å². The molecule has 0 bridgehead atoms. The van der Waals surface area contributed by atoms with E-state index in [-0.39, 0.29) is 0 Å². The zero-order valence-electron chi connectivity index (χ0n) is 14.8. The largest absolute Gasteiger partial charge is 0.504 e. The van der Waals surface area contributed by atoms with Crippen LogP contribution in [0.5, 0.6) is 0 Å². The maximum atomic E-state index is 5.38. The van der Waals surface area contributed by atoms with Crippen LogP contribution in [0.1, 0.15) is 65.7 Å². The molecule has 4 rings (SSSR count). The van der Waals surface area contributed by atoms with E-state index in [1.807, 2.05) is 6.26 Å². The van der Waals surface area contributed by atoms with Gasteiger partial charge in [-0.3, -0.25) is 0 Å². The van der Waals surface area contributed by atoms with Crippen molar-refractivity contribution >= 4 is 0 Å². The highest BCUT2D eigenvalue weighted by Gasteiger charge is 2.63. The van der Waals surface area contributed by atoms with Gasteiger partial charge in [0, 0.05) is 11.3 Å². The van der Waals surface area contributed by atoms with Crippen LogP contribution in [0.3, 0.4) is 0 Å². The number of hydrogen-bond acceptors (Lipinski definition) is 1. The van der Waals surface area contributed by atoms with Crippen LogP contribution in [0.2, 0.25) is 0 Å². The van der Waals surface area contributed by atoms with Crippen molar-refractivity contribution in [1.82, 2.24) is 0 Å². The highest BCUT2D eigenvalue weighted by molar-refractivity contribution is 5.36. The Morgan fingerprint density at radius 1 is 1.09 bits per heavy atom. The predicted molar refractivity (Wildman–Crippen MR) is 91.3 cm³/mol. The summed E-state index contributed by atoms with van der Waals surface area (Å²) in [6, 6.07) is 0. The van der Waals surface area contributed by atoms with Crippen LogP contribution < -0.4 is 0 Å². The zero-order chi connectivity index (χ0) is 15.6. The Bertz CT molecular complexity index is 528. The highest BCUT2D eigenvalue weighted by atomic mass is 16.5. The quantitative estimate of drug-likeness (QED) is 0.444. The molecular weight excluding hydrogens is 268 g/mol. The van der Waals surface area contributed by atoms with E-state index >= 15 is 0 Å². The van der Waals surface area contributed by atoms with Gasteiger partial charge in [-0.1, -0.05) is 39.3 Å². The summed E-state index contributed by atoms with van der Waals surface area (Å²) in [6.07, 6.45) is 16.9. The van der Waals surface area contributed by atoms with E-state index in [1.54, 1.807) is 12.7 Å². The minimum atomic E-state index is 0.473. The molecule has 0 N–H and O–H groups in total. The summed E-state index contributed by atoms with van der Waals surface area (Å²) in [5, 5.41) is 0. The number of methoxy groups -OCH3 is 1. The molecule has 0 heterocycles. The van der Waals surface area contributed by atoms with Crippen LogP contribution in [0, 0.1) is 34.0 Å². The molecule has 3 fully saturated rings. The lowest BCUT2D eigenvalue weighted by Gasteiger charge is -2.67. The molecule has 0 aliphatic heterocycles. The summed E-state index contributed by atoms with van der Waals surface area (Å²) in [5.74, 6) is 2.49. The Balaban J connectivity index is 1.72. The third kappa shape index (κ3) is 1.72. The van der Waals surface area contributed by atoms with Crippen LogP contribution in [0.25, 0.3) is 0 Å². The second-order valence-corrected chi connectivity index (χ2v) is 9.41. The molecule has 1 nitrogen and oxygen atoms in total. The number of rotatable bonds is 1. The van der Waals surface area contributed by atoms with Gasteiger partial charge in [0.2, 0.25) is 0 Å². The molecule has 0 saturated heterocycles. The second-order valence-electron chi connectivity index (χ2n) is 9.41. The first-order valence-corrected chi connectivity index (χ1v) is 9.35. The lowest BCUT2D eigenvalue weighted by Crippen LogP contribution is -2.60. The molecule has 4 aliphatic carbocycles. The molecule has 3 saturated carbocycles. The Labute approximate surface area is 136 Å². The van der Waals surface area contributed by atoms with Gasteiger partial charge >= 0.3 is 0 Å². The van der Waals surface area contributed by atoms with E-state index in [4.69, 9.17) is 4.74 Å². The molecule has 1 heteroatoms. The first kappa shape index (κ1) is 14.8. The minimum absolute atomic E-state index is 0.473. The normalized spacial score (nSPS) is 50.5. The Kier molecular flexibility index (Phi) is 3.14. The average molecular weight is 300 g/mol. The van der Waals surface area contributed by atoms with E-state index < -0.39 is 0 Å². The molecule has 0 unspecified atom stereocenters. The smallest absolute Gasteiger partial charge is 0.0822 e. The molecule has 5 atom stereocenters. The summed E-state index contributed by atoms with van der Waals surface area (Å²) >= 11 is 0. The van der Waals surface area contributed by atoms with Crippen molar-refractivity contribution in [2.24, 2.45) is 34.0 Å². The molecule has 4 aliphatic rings. The van der Waals surface area contributed by atoms with Crippen molar-refractivity contribution in [2.45, 2.75) is 65.7 Å². The van der Waals surface area contributed by atoms with E-state index in [1.165, 1.54) is 44.9 Å². The van der Waals surface area contributed by atoms with Gasteiger partial charge in [-0.05, 0) is 66.8 Å². The van der Waals surface area contributed by atoms with Crippen LogP contribution in [-0.2, 0) is 4.74 Å². The zero-order valence-corrected chi connectivity index (χ0v) is 14.8. The van der Waals surface area contributed by atoms with Crippen molar-refractivity contribution < 1.29 is 4.74 Å². The lowest BCUT2D eigenvalue weighted by atomic mass is 9.37. The van der Waals surface area contributed by atoms with Gasteiger partial charge in [-0.25, -0.2) is 0 Å². The standard InChI is InChI=1S/C21H32O/c1-19(2)10-5-11-20(3)17(19)9-13-21-12-8-16(21)15(14-22-4)6-7-18(20)21/h8,12,14,16-18H,5-7,9-11,13H2,1-4H3/b15-14+/t16-,17+,18-,20+,21+/m1/s1. The summed E-state index contributed by atoms with van der Waals surface area (Å²) in [5.41, 5.74) is 3.13. The SMILES string of the molecule is CO/C=C1\CC[C@@H]2[C@@]3(C)CCCC(C)(C)[C@@H]3CC[C@]23C=C[C@H]13. The fourth-order valence-corrected chi connectivity index (χ4v) is 7.31. The van der Waals surface area contributed by atoms with Crippen LogP contribution in [0.4, 0.5) is 0 Å². The lowest BCUT2D eigenvalue weighted by molar-refractivity contribution is -0.143. The summed E-state index contributed by atoms with van der Waals surface area (Å²) < 4.78 is 5.38. The number of ether oxygens (including phenoxy) is 1. The molecule has 0 aromatic rings. The molecule has 0 aromatic carbocycles. The summed E-state index contributed by atoms with van der Waals surface area (Å²) in [6.45, 7) is 7.74. The molecule has 0 radical (unpaired) electrons. The molecule has 122 valence electrons. The molecule has 1 spiro atoms. The fraction of sp³-hybridized carbons (Fsp3) is 0.810. The molecular formula is C21H32O. The van der Waals surface area contributed by atoms with Gasteiger partial charge in [-0.2, -0.15) is 0 Å². The minimum Gasteiger partial charge on any atom is -0.504 e. The van der Waals surface area contributed by atoms with Crippen LogP contribution in [-0.4, -0.2) is 7.11 Å². The van der Waals surface area contributed by atoms with Crippen molar-refractivity contribution in [1.29, 1.82) is 0 Å². The predicted octanol–water partition coefficient (Wildman–Crippen LogP) is 5.73. The maximum absolute atomic E-state index is 5.38. The third-order valence-corrected chi connectivity index (χ3v) is 8.16. The van der Waals surface area contributed by atoms with Gasteiger partial charge in [0.15, 0.2) is 0 Å². The topological polar surface area (TPSA) is 9.23 Å². The van der Waals surface area contributed by atoms with Gasteiger partial charge < -0.3 is 4.74 Å². The van der Waals surface area contributed by atoms with Crippen LogP contribution in [0.15, 0.2) is 24.0 Å². The average Bonchev–Trinajstić information content (AvgIpc) is 2.41. The van der Waals surface area contributed by atoms with E-state index in [0.29, 0.717) is 22.2 Å². The Morgan fingerprint density at radius 2 is 1.91 bits per heavy atom. The molecule has 22 heavy (non-hydrogen) atoms. The second kappa shape index (κ2) is 4.65. The monoisotopic (exact) mass is 300 g/mol. The Morgan fingerprint density at radius 3 is 2.59 bits per heavy atom. The number of fused-ring (bicyclic) bond motifs is 2. The maximum Gasteiger partial charge on any atom is 0.0822 e. The van der Waals surface area contributed by atoms with E-state index in [0.717, 1.165) is 11.8 Å². The van der Waals surface area contributed by atoms with E-state index in [9.17, 15) is 0 Å². The van der Waals surface area contributed by atoms with Crippen molar-refractivity contribution in [3.05, 3.63) is 24.0 Å². The Hall–Kier alpha value is -0.720. The van der Waals surface area contributed by atoms with Crippen LogP contribution >= 0.6 is 0 Å². The van der Waals surface area contributed by atoms with Gasteiger partial charge in [0.05, 0.1) is 13.4 Å². The first-order chi connectivity index (χ1) is 10.4. The van der Waals surface area contributed by atoms with Gasteiger partial charge in [-0.15, -0.1) is 0 Å². The van der Waals surface area contributed by atoms with Gasteiger partial charge in [0.1, 0.15) is 0 Å².